The predicted molar refractivity (Wildman–Crippen MR) is 59.5 cm³/mol. The minimum Gasteiger partial charge on any atom is -0.497 e. The summed E-state index contributed by atoms with van der Waals surface area (Å²) >= 11 is 0. The van der Waals surface area contributed by atoms with Crippen LogP contribution in [0.4, 0.5) is 5.69 Å². The first kappa shape index (κ1) is 10.9. The molecule has 0 bridgehead atoms. The highest BCUT2D eigenvalue weighted by Gasteiger charge is 2.39. The Kier molecular flexibility index (Phi) is 2.55. The minimum atomic E-state index is -0.374. The lowest BCUT2D eigenvalue weighted by Crippen LogP contribution is -2.24. The van der Waals surface area contributed by atoms with Gasteiger partial charge in [0.2, 0.25) is 0 Å². The number of ether oxygens (including phenoxy) is 1. The maximum Gasteiger partial charge on any atom is 0.272 e. The summed E-state index contributed by atoms with van der Waals surface area (Å²) in [6.07, 6.45) is 2.41. The molecule has 0 aliphatic heterocycles. The fourth-order valence-electron chi connectivity index (χ4n) is 1.73. The van der Waals surface area contributed by atoms with Crippen molar-refractivity contribution >= 4 is 5.69 Å². The van der Waals surface area contributed by atoms with Gasteiger partial charge in [-0.1, -0.05) is 0 Å². The summed E-state index contributed by atoms with van der Waals surface area (Å²) in [5.41, 5.74) is 6.52. The molecular formula is C11H14N2O3. The van der Waals surface area contributed by atoms with E-state index in [9.17, 15) is 10.1 Å². The molecule has 16 heavy (non-hydrogen) atoms. The third-order valence-corrected chi connectivity index (χ3v) is 2.92. The van der Waals surface area contributed by atoms with Crippen LogP contribution >= 0.6 is 0 Å². The van der Waals surface area contributed by atoms with Gasteiger partial charge in [0, 0.05) is 17.2 Å². The Labute approximate surface area is 93.4 Å². The van der Waals surface area contributed by atoms with Gasteiger partial charge in [-0.15, -0.1) is 0 Å². The SMILES string of the molecule is COc1ccc([N+](=O)[O-])c(CC2(N)CC2)c1. The third kappa shape index (κ3) is 2.14. The molecular weight excluding hydrogens is 208 g/mol. The lowest BCUT2D eigenvalue weighted by Gasteiger charge is -2.10. The van der Waals surface area contributed by atoms with Crippen molar-refractivity contribution < 1.29 is 9.66 Å². The van der Waals surface area contributed by atoms with Crippen molar-refractivity contribution in [1.29, 1.82) is 0 Å². The van der Waals surface area contributed by atoms with Crippen LogP contribution in [0.15, 0.2) is 18.2 Å². The summed E-state index contributed by atoms with van der Waals surface area (Å²) < 4.78 is 5.06. The number of benzene rings is 1. The standard InChI is InChI=1S/C11H14N2O3/c1-16-9-2-3-10(13(14)15)8(6-9)7-11(12)4-5-11/h2-3,6H,4-5,7,12H2,1H3. The van der Waals surface area contributed by atoms with Crippen LogP contribution in [0.3, 0.4) is 0 Å². The van der Waals surface area contributed by atoms with Crippen LogP contribution in [0.2, 0.25) is 0 Å². The quantitative estimate of drug-likeness (QED) is 0.620. The first-order valence-electron chi connectivity index (χ1n) is 5.14. The van der Waals surface area contributed by atoms with Gasteiger partial charge < -0.3 is 10.5 Å². The Balaban J connectivity index is 2.33. The highest BCUT2D eigenvalue weighted by Crippen LogP contribution is 2.38. The van der Waals surface area contributed by atoms with Gasteiger partial charge >= 0.3 is 0 Å². The van der Waals surface area contributed by atoms with Gasteiger partial charge in [-0.05, 0) is 31.4 Å². The Morgan fingerprint density at radius 2 is 2.25 bits per heavy atom. The normalized spacial score (nSPS) is 16.9. The summed E-state index contributed by atoms with van der Waals surface area (Å²) in [6, 6.07) is 4.77. The molecule has 2 N–H and O–H groups in total. The van der Waals surface area contributed by atoms with E-state index in [1.165, 1.54) is 6.07 Å². The molecule has 1 aliphatic carbocycles. The Bertz CT molecular complexity index is 427. The maximum atomic E-state index is 10.9. The second kappa shape index (κ2) is 3.75. The number of rotatable bonds is 4. The number of nitro benzene ring substituents is 1. The minimum absolute atomic E-state index is 0.123. The smallest absolute Gasteiger partial charge is 0.272 e. The molecule has 86 valence electrons. The lowest BCUT2D eigenvalue weighted by molar-refractivity contribution is -0.385. The molecule has 0 amide bonds. The molecule has 1 saturated carbocycles. The van der Waals surface area contributed by atoms with Crippen molar-refractivity contribution in [3.05, 3.63) is 33.9 Å². The monoisotopic (exact) mass is 222 g/mol. The van der Waals surface area contributed by atoms with Crippen LogP contribution in [0.5, 0.6) is 5.75 Å². The lowest BCUT2D eigenvalue weighted by atomic mass is 10.0. The Morgan fingerprint density at radius 1 is 1.56 bits per heavy atom. The van der Waals surface area contributed by atoms with Gasteiger partial charge in [0.25, 0.3) is 5.69 Å². The molecule has 5 heteroatoms. The fourth-order valence-corrected chi connectivity index (χ4v) is 1.73. The van der Waals surface area contributed by atoms with Gasteiger partial charge in [0.1, 0.15) is 5.75 Å². The number of hydrogen-bond donors (Lipinski definition) is 1. The molecule has 0 radical (unpaired) electrons. The van der Waals surface area contributed by atoms with Gasteiger partial charge in [0.05, 0.1) is 12.0 Å². The maximum absolute atomic E-state index is 10.9. The summed E-state index contributed by atoms with van der Waals surface area (Å²) in [5, 5.41) is 10.9. The number of hydrogen-bond acceptors (Lipinski definition) is 4. The van der Waals surface area contributed by atoms with Crippen LogP contribution in [0.1, 0.15) is 18.4 Å². The molecule has 0 atom stereocenters. The van der Waals surface area contributed by atoms with Gasteiger partial charge in [-0.25, -0.2) is 0 Å². The van der Waals surface area contributed by atoms with E-state index < -0.39 is 0 Å². The van der Waals surface area contributed by atoms with Crippen molar-refractivity contribution in [2.24, 2.45) is 5.73 Å². The van der Waals surface area contributed by atoms with Gasteiger partial charge in [-0.3, -0.25) is 10.1 Å². The van der Waals surface area contributed by atoms with Crippen molar-refractivity contribution in [1.82, 2.24) is 0 Å². The Morgan fingerprint density at radius 3 is 2.75 bits per heavy atom. The second-order valence-corrected chi connectivity index (χ2v) is 4.29. The molecule has 0 unspecified atom stereocenters. The van der Waals surface area contributed by atoms with Crippen molar-refractivity contribution in [3.8, 4) is 5.75 Å². The second-order valence-electron chi connectivity index (χ2n) is 4.29. The molecule has 1 aromatic rings. The van der Waals surface area contributed by atoms with E-state index in [0.717, 1.165) is 12.8 Å². The van der Waals surface area contributed by atoms with Crippen LogP contribution in [-0.2, 0) is 6.42 Å². The van der Waals surface area contributed by atoms with Gasteiger partial charge in [-0.2, -0.15) is 0 Å². The van der Waals surface area contributed by atoms with Crippen LogP contribution in [0.25, 0.3) is 0 Å². The highest BCUT2D eigenvalue weighted by molar-refractivity contribution is 5.46. The number of nitrogens with zero attached hydrogens (tertiary/aromatic N) is 1. The topological polar surface area (TPSA) is 78.4 Å². The molecule has 1 aromatic carbocycles. The van der Waals surface area contributed by atoms with E-state index in [2.05, 4.69) is 0 Å². The average Bonchev–Trinajstić information content (AvgIpc) is 2.95. The molecule has 5 nitrogen and oxygen atoms in total. The number of methoxy groups -OCH3 is 1. The summed E-state index contributed by atoms with van der Waals surface area (Å²) in [6.45, 7) is 0. The molecule has 0 saturated heterocycles. The van der Waals surface area contributed by atoms with Crippen LogP contribution in [0, 0.1) is 10.1 Å². The first-order valence-corrected chi connectivity index (χ1v) is 5.14. The van der Waals surface area contributed by atoms with Crippen LogP contribution in [-0.4, -0.2) is 17.6 Å². The third-order valence-electron chi connectivity index (χ3n) is 2.92. The fraction of sp³-hybridized carbons (Fsp3) is 0.455. The van der Waals surface area contributed by atoms with E-state index >= 15 is 0 Å². The van der Waals surface area contributed by atoms with E-state index in [0.29, 0.717) is 17.7 Å². The zero-order valence-electron chi connectivity index (χ0n) is 9.10. The largest absolute Gasteiger partial charge is 0.497 e. The number of nitro groups is 1. The summed E-state index contributed by atoms with van der Waals surface area (Å²) in [4.78, 5) is 10.5. The van der Waals surface area contributed by atoms with Gasteiger partial charge in [0.15, 0.2) is 0 Å². The zero-order valence-corrected chi connectivity index (χ0v) is 9.10. The van der Waals surface area contributed by atoms with E-state index in [1.807, 2.05) is 0 Å². The Hall–Kier alpha value is -1.62. The molecule has 0 aromatic heterocycles. The van der Waals surface area contributed by atoms with Crippen LogP contribution < -0.4 is 10.5 Å². The molecule has 0 spiro atoms. The molecule has 0 heterocycles. The summed E-state index contributed by atoms with van der Waals surface area (Å²) in [5.74, 6) is 0.629. The molecule has 1 aliphatic rings. The first-order chi connectivity index (χ1) is 7.54. The predicted octanol–water partition coefficient (Wildman–Crippen LogP) is 1.64. The van der Waals surface area contributed by atoms with Crippen molar-refractivity contribution in [2.45, 2.75) is 24.8 Å². The summed E-state index contributed by atoms with van der Waals surface area (Å²) in [7, 11) is 1.54. The van der Waals surface area contributed by atoms with E-state index in [4.69, 9.17) is 10.5 Å². The average molecular weight is 222 g/mol. The highest BCUT2D eigenvalue weighted by atomic mass is 16.6. The van der Waals surface area contributed by atoms with E-state index in [-0.39, 0.29) is 16.1 Å². The molecule has 2 rings (SSSR count). The van der Waals surface area contributed by atoms with Crippen molar-refractivity contribution in [3.63, 3.8) is 0 Å². The zero-order chi connectivity index (χ0) is 11.8. The van der Waals surface area contributed by atoms with Crippen molar-refractivity contribution in [2.75, 3.05) is 7.11 Å². The van der Waals surface area contributed by atoms with E-state index in [1.54, 1.807) is 19.2 Å². The molecule has 1 fully saturated rings. The number of nitrogens with two attached hydrogens (primary N) is 1.